The number of carbonyl (C=O) groups is 1. The Morgan fingerprint density at radius 2 is 1.53 bits per heavy atom. The van der Waals surface area contributed by atoms with Gasteiger partial charge in [0, 0.05) is 3.57 Å². The lowest BCUT2D eigenvalue weighted by Crippen LogP contribution is -2.45. The van der Waals surface area contributed by atoms with Crippen molar-refractivity contribution in [2.45, 2.75) is 12.4 Å². The van der Waals surface area contributed by atoms with Crippen molar-refractivity contribution in [2.24, 2.45) is 5.92 Å². The standard InChI is InChI=1S/C10H6F6INO/c11-9(12,13)7(10(14,15)16)8(19)18-6-4-2-1-3-5(6)17/h1-4,7H,(H,18,19). The SMILES string of the molecule is O=C(Nc1ccccc1I)C(C(F)(F)F)C(F)(F)F. The Hall–Kier alpha value is -1.00. The van der Waals surface area contributed by atoms with E-state index in [-0.39, 0.29) is 5.69 Å². The lowest BCUT2D eigenvalue weighted by molar-refractivity contribution is -0.272. The lowest BCUT2D eigenvalue weighted by atomic mass is 10.1. The molecule has 1 amide bonds. The van der Waals surface area contributed by atoms with Gasteiger partial charge in [0.2, 0.25) is 11.8 Å². The van der Waals surface area contributed by atoms with Crippen molar-refractivity contribution in [2.75, 3.05) is 5.32 Å². The van der Waals surface area contributed by atoms with Crippen LogP contribution in [0.4, 0.5) is 32.0 Å². The molecular formula is C10H6F6INO. The summed E-state index contributed by atoms with van der Waals surface area (Å²) in [6.45, 7) is 0. The first-order chi connectivity index (χ1) is 8.53. The van der Waals surface area contributed by atoms with Gasteiger partial charge in [0.15, 0.2) is 0 Å². The number of rotatable bonds is 2. The van der Waals surface area contributed by atoms with Crippen molar-refractivity contribution in [1.29, 1.82) is 0 Å². The molecule has 0 unspecified atom stereocenters. The van der Waals surface area contributed by atoms with Crippen LogP contribution in [-0.4, -0.2) is 18.3 Å². The molecule has 0 bridgehead atoms. The molecule has 1 aromatic carbocycles. The Bertz CT molecular complexity index is 456. The van der Waals surface area contributed by atoms with E-state index in [0.29, 0.717) is 3.57 Å². The van der Waals surface area contributed by atoms with Crippen LogP contribution in [0.3, 0.4) is 0 Å². The smallest absolute Gasteiger partial charge is 0.324 e. The van der Waals surface area contributed by atoms with Gasteiger partial charge in [-0.3, -0.25) is 4.79 Å². The maximum absolute atomic E-state index is 12.3. The second kappa shape index (κ2) is 5.55. The summed E-state index contributed by atoms with van der Waals surface area (Å²) in [4.78, 5) is 11.2. The van der Waals surface area contributed by atoms with Gasteiger partial charge in [-0.1, -0.05) is 12.1 Å². The minimum atomic E-state index is -5.69. The van der Waals surface area contributed by atoms with Gasteiger partial charge in [-0.05, 0) is 34.7 Å². The predicted octanol–water partition coefficient (Wildman–Crippen LogP) is 3.97. The van der Waals surface area contributed by atoms with Gasteiger partial charge < -0.3 is 5.32 Å². The molecule has 0 saturated heterocycles. The topological polar surface area (TPSA) is 29.1 Å². The zero-order valence-corrected chi connectivity index (χ0v) is 11.1. The number of amides is 1. The summed E-state index contributed by atoms with van der Waals surface area (Å²) < 4.78 is 74.1. The summed E-state index contributed by atoms with van der Waals surface area (Å²) in [6.07, 6.45) is -11.4. The monoisotopic (exact) mass is 397 g/mol. The summed E-state index contributed by atoms with van der Waals surface area (Å²) in [5, 5.41) is 1.64. The van der Waals surface area contributed by atoms with Crippen molar-refractivity contribution in [3.8, 4) is 0 Å². The largest absolute Gasteiger partial charge is 0.409 e. The van der Waals surface area contributed by atoms with Gasteiger partial charge in [-0.2, -0.15) is 26.3 Å². The van der Waals surface area contributed by atoms with Crippen LogP contribution in [0.5, 0.6) is 0 Å². The van der Waals surface area contributed by atoms with Crippen molar-refractivity contribution < 1.29 is 31.1 Å². The van der Waals surface area contributed by atoms with Gasteiger partial charge in [-0.25, -0.2) is 0 Å². The summed E-state index contributed by atoms with van der Waals surface area (Å²) in [6, 6.07) is 5.56. The highest BCUT2D eigenvalue weighted by Gasteiger charge is 2.61. The molecule has 0 atom stereocenters. The number of halogens is 7. The number of benzene rings is 1. The van der Waals surface area contributed by atoms with Crippen LogP contribution < -0.4 is 5.32 Å². The normalized spacial score (nSPS) is 12.6. The highest BCUT2D eigenvalue weighted by atomic mass is 127. The van der Waals surface area contributed by atoms with Crippen LogP contribution in [0.1, 0.15) is 0 Å². The molecule has 9 heteroatoms. The number of anilines is 1. The fourth-order valence-corrected chi connectivity index (χ4v) is 1.77. The molecule has 2 nitrogen and oxygen atoms in total. The Morgan fingerprint density at radius 3 is 1.95 bits per heavy atom. The van der Waals surface area contributed by atoms with Gasteiger partial charge >= 0.3 is 12.4 Å². The average Bonchev–Trinajstić information content (AvgIpc) is 2.16. The molecule has 1 rings (SSSR count). The zero-order chi connectivity index (χ0) is 14.8. The van der Waals surface area contributed by atoms with Gasteiger partial charge in [-0.15, -0.1) is 0 Å². The summed E-state index contributed by atoms with van der Waals surface area (Å²) in [5.74, 6) is -6.19. The Kier molecular flexibility index (Phi) is 4.69. The van der Waals surface area contributed by atoms with Crippen LogP contribution in [0.2, 0.25) is 0 Å². The predicted molar refractivity (Wildman–Crippen MR) is 63.4 cm³/mol. The maximum atomic E-state index is 12.3. The third-order valence-corrected chi connectivity index (χ3v) is 2.99. The number of hydrogen-bond donors (Lipinski definition) is 1. The molecule has 0 aliphatic rings. The van der Waals surface area contributed by atoms with E-state index in [1.54, 1.807) is 27.9 Å². The van der Waals surface area contributed by atoms with Crippen LogP contribution in [-0.2, 0) is 4.79 Å². The molecule has 106 valence electrons. The first-order valence-corrected chi connectivity index (χ1v) is 5.80. The van der Waals surface area contributed by atoms with Gasteiger partial charge in [0.1, 0.15) is 0 Å². The van der Waals surface area contributed by atoms with Gasteiger partial charge in [0.05, 0.1) is 5.69 Å². The van der Waals surface area contributed by atoms with E-state index in [0.717, 1.165) is 0 Å². The summed E-state index contributed by atoms with van der Waals surface area (Å²) in [7, 11) is 0. The molecule has 0 heterocycles. The molecule has 0 saturated carbocycles. The molecule has 0 aromatic heterocycles. The van der Waals surface area contributed by atoms with E-state index in [4.69, 9.17) is 0 Å². The van der Waals surface area contributed by atoms with E-state index >= 15 is 0 Å². The fraction of sp³-hybridized carbons (Fsp3) is 0.300. The number of hydrogen-bond acceptors (Lipinski definition) is 1. The molecule has 19 heavy (non-hydrogen) atoms. The first kappa shape index (κ1) is 16.1. The number of carbonyl (C=O) groups excluding carboxylic acids is 1. The zero-order valence-electron chi connectivity index (χ0n) is 8.94. The van der Waals surface area contributed by atoms with E-state index in [9.17, 15) is 31.1 Å². The molecular weight excluding hydrogens is 391 g/mol. The molecule has 0 aliphatic heterocycles. The minimum Gasteiger partial charge on any atom is -0.324 e. The highest BCUT2D eigenvalue weighted by molar-refractivity contribution is 14.1. The number of para-hydroxylation sites is 1. The van der Waals surface area contributed by atoms with Crippen LogP contribution >= 0.6 is 22.6 Å². The van der Waals surface area contributed by atoms with Gasteiger partial charge in [0.25, 0.3) is 0 Å². The maximum Gasteiger partial charge on any atom is 0.409 e. The molecule has 0 fully saturated rings. The van der Waals surface area contributed by atoms with E-state index in [2.05, 4.69) is 0 Å². The van der Waals surface area contributed by atoms with E-state index < -0.39 is 24.2 Å². The minimum absolute atomic E-state index is 0.105. The van der Waals surface area contributed by atoms with Crippen LogP contribution in [0.25, 0.3) is 0 Å². The quantitative estimate of drug-likeness (QED) is 0.594. The third-order valence-electron chi connectivity index (χ3n) is 2.05. The van der Waals surface area contributed by atoms with Crippen LogP contribution in [0, 0.1) is 9.49 Å². The molecule has 0 spiro atoms. The average molecular weight is 397 g/mol. The molecule has 1 aromatic rings. The van der Waals surface area contributed by atoms with E-state index in [1.165, 1.54) is 24.3 Å². The Labute approximate surface area is 117 Å². The summed E-state index contributed by atoms with van der Waals surface area (Å²) >= 11 is 1.68. The van der Waals surface area contributed by atoms with Crippen molar-refractivity contribution in [1.82, 2.24) is 0 Å². The first-order valence-electron chi connectivity index (χ1n) is 4.72. The summed E-state index contributed by atoms with van der Waals surface area (Å²) in [5.41, 5.74) is -0.105. The molecule has 0 radical (unpaired) electrons. The number of nitrogens with one attached hydrogen (secondary N) is 1. The Morgan fingerprint density at radius 1 is 1.05 bits per heavy atom. The van der Waals surface area contributed by atoms with Crippen molar-refractivity contribution >= 4 is 34.2 Å². The van der Waals surface area contributed by atoms with Crippen molar-refractivity contribution in [3.63, 3.8) is 0 Å². The molecule has 1 N–H and O–H groups in total. The highest BCUT2D eigenvalue weighted by Crippen LogP contribution is 2.40. The van der Waals surface area contributed by atoms with E-state index in [1.807, 2.05) is 0 Å². The third kappa shape index (κ3) is 4.25. The lowest BCUT2D eigenvalue weighted by Gasteiger charge is -2.22. The van der Waals surface area contributed by atoms with Crippen molar-refractivity contribution in [3.05, 3.63) is 27.8 Å². The Balaban J connectivity index is 3.01. The number of alkyl halides is 6. The second-order valence-corrected chi connectivity index (χ2v) is 4.65. The van der Waals surface area contributed by atoms with Crippen LogP contribution in [0.15, 0.2) is 24.3 Å². The second-order valence-electron chi connectivity index (χ2n) is 3.49. The fourth-order valence-electron chi connectivity index (χ4n) is 1.25. The molecule has 0 aliphatic carbocycles.